The van der Waals surface area contributed by atoms with E-state index in [1.807, 2.05) is 0 Å². The summed E-state index contributed by atoms with van der Waals surface area (Å²) in [6, 6.07) is 2.42. The Bertz CT molecular complexity index is 439. The molecule has 0 aromatic heterocycles. The molecule has 1 N–H and O–H groups in total. The molecule has 0 atom stereocenters. The van der Waals surface area contributed by atoms with Gasteiger partial charge in [-0.15, -0.1) is 0 Å². The van der Waals surface area contributed by atoms with Crippen molar-refractivity contribution in [3.05, 3.63) is 33.4 Å². The molecule has 0 bridgehead atoms. The molecule has 72 valence electrons. The van der Waals surface area contributed by atoms with E-state index < -0.39 is 4.92 Å². The molecule has 0 radical (unpaired) electrons. The first-order valence-electron chi connectivity index (χ1n) is 4.13. The SMILES string of the molecule is O=C1CCc2c([N+](=O)[O-])ccc(O)c21. The standard InChI is InChI=1S/C9H7NO4/c11-7-3-1-5-6(10(13)14)2-4-8(12)9(5)7/h2,4,12H,1,3H2. The molecule has 0 heterocycles. The van der Waals surface area contributed by atoms with Crippen LogP contribution in [0, 0.1) is 10.1 Å². The van der Waals surface area contributed by atoms with Crippen LogP contribution < -0.4 is 0 Å². The Labute approximate surface area is 79.1 Å². The number of nitrogens with zero attached hydrogens (tertiary/aromatic N) is 1. The summed E-state index contributed by atoms with van der Waals surface area (Å²) in [6.07, 6.45) is 0.590. The Morgan fingerprint density at radius 3 is 2.71 bits per heavy atom. The van der Waals surface area contributed by atoms with Crippen molar-refractivity contribution in [2.45, 2.75) is 12.8 Å². The third-order valence-electron chi connectivity index (χ3n) is 2.34. The van der Waals surface area contributed by atoms with Crippen molar-refractivity contribution in [3.8, 4) is 5.75 Å². The smallest absolute Gasteiger partial charge is 0.273 e. The highest BCUT2D eigenvalue weighted by molar-refractivity contribution is 6.03. The van der Waals surface area contributed by atoms with Crippen molar-refractivity contribution >= 4 is 11.5 Å². The van der Waals surface area contributed by atoms with Crippen LogP contribution in [0.2, 0.25) is 0 Å². The van der Waals surface area contributed by atoms with Crippen molar-refractivity contribution in [1.29, 1.82) is 0 Å². The number of carbonyl (C=O) groups is 1. The molecule has 0 aliphatic heterocycles. The highest BCUT2D eigenvalue weighted by atomic mass is 16.6. The van der Waals surface area contributed by atoms with Crippen molar-refractivity contribution in [1.82, 2.24) is 0 Å². The van der Waals surface area contributed by atoms with Crippen LogP contribution in [0.15, 0.2) is 12.1 Å². The van der Waals surface area contributed by atoms with Crippen LogP contribution in [0.3, 0.4) is 0 Å². The number of rotatable bonds is 1. The zero-order valence-corrected chi connectivity index (χ0v) is 7.19. The van der Waals surface area contributed by atoms with Gasteiger partial charge in [0.15, 0.2) is 5.78 Å². The average Bonchev–Trinajstić information content (AvgIpc) is 2.49. The predicted octanol–water partition coefficient (Wildman–Crippen LogP) is 1.43. The number of nitro benzene ring substituents is 1. The molecule has 5 heteroatoms. The Balaban J connectivity index is 2.70. The molecular formula is C9H7NO4. The van der Waals surface area contributed by atoms with Gasteiger partial charge in [0.05, 0.1) is 10.5 Å². The normalized spacial score (nSPS) is 14.1. The number of fused-ring (bicyclic) bond motifs is 1. The number of phenolic OH excluding ortho intramolecular Hbond substituents is 1. The molecular weight excluding hydrogens is 186 g/mol. The molecule has 1 aliphatic carbocycles. The van der Waals surface area contributed by atoms with Gasteiger partial charge in [-0.2, -0.15) is 0 Å². The molecule has 1 aromatic rings. The Hall–Kier alpha value is -1.91. The molecule has 2 rings (SSSR count). The molecule has 1 aromatic carbocycles. The van der Waals surface area contributed by atoms with E-state index in [2.05, 4.69) is 0 Å². The van der Waals surface area contributed by atoms with E-state index in [1.165, 1.54) is 12.1 Å². The fraction of sp³-hybridized carbons (Fsp3) is 0.222. The first-order chi connectivity index (χ1) is 6.61. The second-order valence-corrected chi connectivity index (χ2v) is 3.14. The van der Waals surface area contributed by atoms with E-state index in [1.54, 1.807) is 0 Å². The highest BCUT2D eigenvalue weighted by Crippen LogP contribution is 2.35. The van der Waals surface area contributed by atoms with Gasteiger partial charge in [-0.1, -0.05) is 0 Å². The summed E-state index contributed by atoms with van der Waals surface area (Å²) in [5.41, 5.74) is 0.405. The molecule has 14 heavy (non-hydrogen) atoms. The average molecular weight is 193 g/mol. The van der Waals surface area contributed by atoms with Crippen molar-refractivity contribution in [2.75, 3.05) is 0 Å². The van der Waals surface area contributed by atoms with Crippen molar-refractivity contribution < 1.29 is 14.8 Å². The van der Waals surface area contributed by atoms with Gasteiger partial charge >= 0.3 is 0 Å². The third-order valence-corrected chi connectivity index (χ3v) is 2.34. The summed E-state index contributed by atoms with van der Waals surface area (Å²) in [5.74, 6) is -0.380. The molecule has 1 aliphatic rings. The predicted molar refractivity (Wildman–Crippen MR) is 47.4 cm³/mol. The fourth-order valence-corrected chi connectivity index (χ4v) is 1.72. The lowest BCUT2D eigenvalue weighted by Crippen LogP contribution is -1.96. The summed E-state index contributed by atoms with van der Waals surface area (Å²) >= 11 is 0. The monoisotopic (exact) mass is 193 g/mol. The Kier molecular flexibility index (Phi) is 1.73. The molecule has 0 spiro atoms. The summed E-state index contributed by atoms with van der Waals surface area (Å²) in [6.45, 7) is 0. The van der Waals surface area contributed by atoms with Crippen LogP contribution in [-0.2, 0) is 6.42 Å². The number of hydrogen-bond acceptors (Lipinski definition) is 4. The molecule has 0 amide bonds. The number of phenols is 1. The number of benzene rings is 1. The third kappa shape index (κ3) is 1.06. The highest BCUT2D eigenvalue weighted by Gasteiger charge is 2.30. The lowest BCUT2D eigenvalue weighted by molar-refractivity contribution is -0.385. The molecule has 0 unspecified atom stereocenters. The number of aromatic hydroxyl groups is 1. The van der Waals surface area contributed by atoms with E-state index >= 15 is 0 Å². The molecule has 0 saturated carbocycles. The van der Waals surface area contributed by atoms with E-state index in [4.69, 9.17) is 0 Å². The minimum atomic E-state index is -0.531. The van der Waals surface area contributed by atoms with Gasteiger partial charge in [0.25, 0.3) is 5.69 Å². The summed E-state index contributed by atoms with van der Waals surface area (Å²) < 4.78 is 0. The lowest BCUT2D eigenvalue weighted by atomic mass is 10.1. The van der Waals surface area contributed by atoms with Gasteiger partial charge in [0, 0.05) is 18.1 Å². The van der Waals surface area contributed by atoms with Crippen LogP contribution in [0.4, 0.5) is 5.69 Å². The number of Topliss-reactive ketones (excluding diaryl/α,β-unsaturated/α-hetero) is 1. The zero-order valence-electron chi connectivity index (χ0n) is 7.19. The van der Waals surface area contributed by atoms with Crippen LogP contribution in [0.1, 0.15) is 22.3 Å². The quantitative estimate of drug-likeness (QED) is 0.540. The van der Waals surface area contributed by atoms with Crippen LogP contribution in [0.25, 0.3) is 0 Å². The van der Waals surface area contributed by atoms with E-state index in [9.17, 15) is 20.0 Å². The number of hydrogen-bond donors (Lipinski definition) is 1. The van der Waals surface area contributed by atoms with Gasteiger partial charge in [0.1, 0.15) is 5.75 Å². The van der Waals surface area contributed by atoms with Crippen LogP contribution in [-0.4, -0.2) is 15.8 Å². The minimum Gasteiger partial charge on any atom is -0.507 e. The van der Waals surface area contributed by atoms with Gasteiger partial charge < -0.3 is 5.11 Å². The lowest BCUT2D eigenvalue weighted by Gasteiger charge is -2.01. The molecule has 0 fully saturated rings. The van der Waals surface area contributed by atoms with Crippen molar-refractivity contribution in [3.63, 3.8) is 0 Å². The van der Waals surface area contributed by atoms with Gasteiger partial charge in [-0.25, -0.2) is 0 Å². The Morgan fingerprint density at radius 1 is 1.36 bits per heavy atom. The zero-order chi connectivity index (χ0) is 10.3. The van der Waals surface area contributed by atoms with Gasteiger partial charge in [-0.3, -0.25) is 14.9 Å². The second kappa shape index (κ2) is 2.80. The maximum absolute atomic E-state index is 11.3. The first kappa shape index (κ1) is 8.68. The summed E-state index contributed by atoms with van der Waals surface area (Å²) in [4.78, 5) is 21.3. The van der Waals surface area contributed by atoms with Crippen LogP contribution >= 0.6 is 0 Å². The molecule has 0 saturated heterocycles. The van der Waals surface area contributed by atoms with Gasteiger partial charge in [0.2, 0.25) is 0 Å². The number of carbonyl (C=O) groups excluding carboxylic acids is 1. The van der Waals surface area contributed by atoms with Crippen molar-refractivity contribution in [2.24, 2.45) is 0 Å². The largest absolute Gasteiger partial charge is 0.507 e. The summed E-state index contributed by atoms with van der Waals surface area (Å²) in [5, 5.41) is 20.0. The van der Waals surface area contributed by atoms with E-state index in [-0.39, 0.29) is 29.2 Å². The fourth-order valence-electron chi connectivity index (χ4n) is 1.72. The topological polar surface area (TPSA) is 80.4 Å². The number of ketones is 1. The first-order valence-corrected chi connectivity index (χ1v) is 4.13. The van der Waals surface area contributed by atoms with Crippen LogP contribution in [0.5, 0.6) is 5.75 Å². The maximum atomic E-state index is 11.3. The Morgan fingerprint density at radius 2 is 2.07 bits per heavy atom. The second-order valence-electron chi connectivity index (χ2n) is 3.14. The van der Waals surface area contributed by atoms with E-state index in [0.717, 1.165) is 0 Å². The molecule has 5 nitrogen and oxygen atoms in total. The number of nitro groups is 1. The van der Waals surface area contributed by atoms with E-state index in [0.29, 0.717) is 12.0 Å². The maximum Gasteiger partial charge on any atom is 0.273 e. The van der Waals surface area contributed by atoms with Gasteiger partial charge in [-0.05, 0) is 12.5 Å². The summed E-state index contributed by atoms with van der Waals surface area (Å²) in [7, 11) is 0. The minimum absolute atomic E-state index is 0.0800.